The fraction of sp³-hybridized carbons (Fsp3) is 0.500. The molecule has 2 rings (SSSR count). The maximum absolute atomic E-state index is 12.9. The van der Waals surface area contributed by atoms with Crippen LogP contribution in [-0.2, 0) is 19.1 Å². The number of nitrogens with zero attached hydrogens (tertiary/aromatic N) is 2. The van der Waals surface area contributed by atoms with Crippen molar-refractivity contribution >= 4 is 29.1 Å². The summed E-state index contributed by atoms with van der Waals surface area (Å²) in [5, 5.41) is 1.86. The third kappa shape index (κ3) is 8.50. The number of nitrogens with one attached hydrogen (secondary N) is 1. The Morgan fingerprint density at radius 2 is 1.74 bits per heavy atom. The molecule has 1 fully saturated rings. The highest BCUT2D eigenvalue weighted by Gasteiger charge is 2.44. The number of primary amides is 1. The van der Waals surface area contributed by atoms with Gasteiger partial charge in [0.25, 0.3) is 11.8 Å². The first kappa shape index (κ1) is 28.0. The smallest absolute Gasteiger partial charge is 0.401 e. The molecular formula is C18H18F8N4O5. The predicted molar refractivity (Wildman–Crippen MR) is 102 cm³/mol. The Labute approximate surface area is 191 Å². The number of morpholine rings is 1. The molecular weight excluding hydrogens is 504 g/mol. The van der Waals surface area contributed by atoms with Crippen molar-refractivity contribution in [1.82, 2.24) is 4.90 Å². The summed E-state index contributed by atoms with van der Waals surface area (Å²) >= 11 is 0. The van der Waals surface area contributed by atoms with Gasteiger partial charge in [0, 0.05) is 18.3 Å². The van der Waals surface area contributed by atoms with E-state index in [0.717, 1.165) is 23.1 Å². The Morgan fingerprint density at radius 1 is 1.14 bits per heavy atom. The van der Waals surface area contributed by atoms with Crippen LogP contribution in [0.2, 0.25) is 0 Å². The van der Waals surface area contributed by atoms with Gasteiger partial charge in [0.15, 0.2) is 11.8 Å². The molecule has 1 saturated heterocycles. The Morgan fingerprint density at radius 3 is 2.23 bits per heavy atom. The van der Waals surface area contributed by atoms with Crippen LogP contribution in [0.4, 0.5) is 46.5 Å². The first-order valence-corrected chi connectivity index (χ1v) is 9.52. The topological polar surface area (TPSA) is 114 Å². The minimum atomic E-state index is -5.23. The van der Waals surface area contributed by atoms with Gasteiger partial charge in [-0.25, -0.2) is 0 Å². The molecule has 3 amide bonds. The zero-order valence-corrected chi connectivity index (χ0v) is 17.5. The van der Waals surface area contributed by atoms with E-state index in [-0.39, 0.29) is 25.4 Å². The number of amides is 3. The number of nitrogens with two attached hydrogens (primary N) is 1. The molecule has 1 aliphatic rings. The Kier molecular flexibility index (Phi) is 8.83. The zero-order chi connectivity index (χ0) is 26.6. The summed E-state index contributed by atoms with van der Waals surface area (Å²) in [5.41, 5.74) is 4.29. The molecule has 0 unspecified atom stereocenters. The van der Waals surface area contributed by atoms with Crippen LogP contribution in [0, 0.1) is 0 Å². The summed E-state index contributed by atoms with van der Waals surface area (Å²) in [6.45, 7) is -8.34. The van der Waals surface area contributed by atoms with E-state index in [1.165, 1.54) is 0 Å². The molecule has 3 N–H and O–H groups in total. The molecule has 0 bridgehead atoms. The molecule has 1 atom stereocenters. The summed E-state index contributed by atoms with van der Waals surface area (Å²) in [6, 6.07) is 0.0691. The molecule has 1 aromatic rings. The molecule has 1 heterocycles. The van der Waals surface area contributed by atoms with Gasteiger partial charge in [0.05, 0.1) is 25.4 Å². The highest BCUT2D eigenvalue weighted by Crippen LogP contribution is 2.34. The van der Waals surface area contributed by atoms with E-state index in [4.69, 9.17) is 10.5 Å². The molecule has 1 aliphatic heterocycles. The lowest BCUT2D eigenvalue weighted by Gasteiger charge is -2.30. The Balaban J connectivity index is 2.36. The minimum Gasteiger partial charge on any atom is -0.433 e. The number of halogens is 8. The van der Waals surface area contributed by atoms with Gasteiger partial charge in [0.1, 0.15) is 6.61 Å². The van der Waals surface area contributed by atoms with E-state index in [1.807, 2.05) is 5.32 Å². The van der Waals surface area contributed by atoms with Crippen molar-refractivity contribution in [3.63, 3.8) is 0 Å². The standard InChI is InChI=1S/C18H18F8N4O5/c19-16(20)35-11-5-9(1-2-10(11)30-3-4-34-6-12(30)31)28-15(33)13(14(27)32)29(7-17(21,22)23)8-18(24,25)26/h1-2,5,13,16H,3-4,6-8H2,(H2,27,32)(H,28,33)/t13-/m0/s1. The summed E-state index contributed by atoms with van der Waals surface area (Å²) in [6.07, 6.45) is -10.5. The molecule has 0 saturated carbocycles. The van der Waals surface area contributed by atoms with E-state index >= 15 is 0 Å². The van der Waals surface area contributed by atoms with Crippen LogP contribution in [-0.4, -0.2) is 80.5 Å². The Bertz CT molecular complexity index is 924. The Hall–Kier alpha value is -3.21. The van der Waals surface area contributed by atoms with Crippen LogP contribution in [0.5, 0.6) is 5.75 Å². The van der Waals surface area contributed by atoms with Crippen LogP contribution < -0.4 is 20.7 Å². The lowest BCUT2D eigenvalue weighted by molar-refractivity contribution is -0.187. The van der Waals surface area contributed by atoms with Crippen LogP contribution in [0.25, 0.3) is 0 Å². The second kappa shape index (κ2) is 11.0. The molecule has 35 heavy (non-hydrogen) atoms. The number of benzene rings is 1. The van der Waals surface area contributed by atoms with Gasteiger partial charge in [-0.1, -0.05) is 0 Å². The van der Waals surface area contributed by atoms with Crippen molar-refractivity contribution in [2.24, 2.45) is 5.73 Å². The summed E-state index contributed by atoms with van der Waals surface area (Å²) in [5.74, 6) is -4.78. The quantitative estimate of drug-likeness (QED) is 0.378. The zero-order valence-electron chi connectivity index (χ0n) is 17.5. The number of carbonyl (C=O) groups is 3. The summed E-state index contributed by atoms with van der Waals surface area (Å²) in [7, 11) is 0. The van der Waals surface area contributed by atoms with Crippen molar-refractivity contribution in [2.45, 2.75) is 25.0 Å². The van der Waals surface area contributed by atoms with E-state index in [9.17, 15) is 49.5 Å². The first-order valence-electron chi connectivity index (χ1n) is 9.52. The number of carbonyl (C=O) groups excluding carboxylic acids is 3. The second-order valence-corrected chi connectivity index (χ2v) is 7.09. The first-order chi connectivity index (χ1) is 16.1. The van der Waals surface area contributed by atoms with E-state index in [0.29, 0.717) is 0 Å². The number of hydrogen-bond donors (Lipinski definition) is 2. The van der Waals surface area contributed by atoms with Crippen LogP contribution in [0.3, 0.4) is 0 Å². The molecule has 9 nitrogen and oxygen atoms in total. The SMILES string of the molecule is NC(=O)[C@@H](C(=O)Nc1ccc(N2CCOCC2=O)c(OC(F)F)c1)N(CC(F)(F)F)CC(F)(F)F. The number of rotatable bonds is 9. The second-order valence-electron chi connectivity index (χ2n) is 7.09. The lowest BCUT2D eigenvalue weighted by Crippen LogP contribution is -2.56. The number of hydrogen-bond acceptors (Lipinski definition) is 6. The molecule has 196 valence electrons. The average molecular weight is 522 g/mol. The highest BCUT2D eigenvalue weighted by molar-refractivity contribution is 6.09. The number of alkyl halides is 8. The molecule has 0 radical (unpaired) electrons. The fourth-order valence-electron chi connectivity index (χ4n) is 3.16. The van der Waals surface area contributed by atoms with Crippen LogP contribution in [0.15, 0.2) is 18.2 Å². The van der Waals surface area contributed by atoms with Gasteiger partial charge in [-0.05, 0) is 12.1 Å². The van der Waals surface area contributed by atoms with Gasteiger partial charge in [-0.3, -0.25) is 19.3 Å². The van der Waals surface area contributed by atoms with Crippen molar-refractivity contribution in [3.8, 4) is 5.75 Å². The monoisotopic (exact) mass is 522 g/mol. The third-order valence-electron chi connectivity index (χ3n) is 4.37. The van der Waals surface area contributed by atoms with Crippen molar-refractivity contribution in [1.29, 1.82) is 0 Å². The van der Waals surface area contributed by atoms with Gasteiger partial charge >= 0.3 is 19.0 Å². The van der Waals surface area contributed by atoms with Crippen molar-refractivity contribution in [2.75, 3.05) is 43.1 Å². The van der Waals surface area contributed by atoms with Crippen molar-refractivity contribution < 1.29 is 59.0 Å². The van der Waals surface area contributed by atoms with Crippen LogP contribution >= 0.6 is 0 Å². The summed E-state index contributed by atoms with van der Waals surface area (Å²) in [4.78, 5) is 36.7. The maximum Gasteiger partial charge on any atom is 0.401 e. The lowest BCUT2D eigenvalue weighted by atomic mass is 10.1. The number of anilines is 2. The van der Waals surface area contributed by atoms with Gasteiger partial charge in [-0.15, -0.1) is 0 Å². The van der Waals surface area contributed by atoms with Crippen LogP contribution in [0.1, 0.15) is 0 Å². The van der Waals surface area contributed by atoms with E-state index in [2.05, 4.69) is 4.74 Å². The predicted octanol–water partition coefficient (Wildman–Crippen LogP) is 1.87. The maximum atomic E-state index is 12.9. The normalized spacial score (nSPS) is 15.9. The van der Waals surface area contributed by atoms with E-state index in [1.54, 1.807) is 0 Å². The highest BCUT2D eigenvalue weighted by atomic mass is 19.4. The molecule has 0 spiro atoms. The van der Waals surface area contributed by atoms with E-state index < -0.39 is 72.2 Å². The van der Waals surface area contributed by atoms with Crippen molar-refractivity contribution in [3.05, 3.63) is 18.2 Å². The average Bonchev–Trinajstić information content (AvgIpc) is 2.65. The summed E-state index contributed by atoms with van der Waals surface area (Å²) < 4.78 is 112. The fourth-order valence-corrected chi connectivity index (χ4v) is 3.16. The number of ether oxygens (including phenoxy) is 2. The molecule has 0 aromatic heterocycles. The minimum absolute atomic E-state index is 0.0439. The van der Waals surface area contributed by atoms with Gasteiger partial charge in [-0.2, -0.15) is 35.1 Å². The van der Waals surface area contributed by atoms with Gasteiger partial charge < -0.3 is 25.4 Å². The van der Waals surface area contributed by atoms with Gasteiger partial charge in [0.2, 0.25) is 5.91 Å². The third-order valence-corrected chi connectivity index (χ3v) is 4.37. The molecule has 17 heteroatoms. The largest absolute Gasteiger partial charge is 0.433 e. The molecule has 0 aliphatic carbocycles. The molecule has 1 aromatic carbocycles.